The van der Waals surface area contributed by atoms with Crippen LogP contribution >= 0.6 is 0 Å². The number of hydrogen-bond acceptors (Lipinski definition) is 3. The Labute approximate surface area is 115 Å². The molecule has 0 heterocycles. The van der Waals surface area contributed by atoms with E-state index in [2.05, 4.69) is 13.8 Å². The average molecular weight is 283 g/mol. The molecular formula is C14H21NO3S. The maximum atomic E-state index is 12.6. The number of para-hydroxylation sites is 1. The van der Waals surface area contributed by atoms with Crippen LogP contribution in [0.3, 0.4) is 0 Å². The fourth-order valence-corrected chi connectivity index (χ4v) is 3.83. The van der Waals surface area contributed by atoms with Crippen molar-refractivity contribution in [1.82, 2.24) is 4.31 Å². The van der Waals surface area contributed by atoms with Crippen molar-refractivity contribution < 1.29 is 13.5 Å². The first-order valence-electron chi connectivity index (χ1n) is 6.72. The first kappa shape index (κ1) is 14.3. The molecule has 1 N–H and O–H groups in total. The van der Waals surface area contributed by atoms with Gasteiger partial charge in [-0.3, -0.25) is 0 Å². The van der Waals surface area contributed by atoms with Gasteiger partial charge >= 0.3 is 0 Å². The van der Waals surface area contributed by atoms with Crippen LogP contribution in [0.15, 0.2) is 29.2 Å². The van der Waals surface area contributed by atoms with Crippen LogP contribution in [0.4, 0.5) is 0 Å². The summed E-state index contributed by atoms with van der Waals surface area (Å²) in [5.74, 6) is 0.290. The zero-order valence-electron chi connectivity index (χ0n) is 11.4. The van der Waals surface area contributed by atoms with Crippen LogP contribution in [0.5, 0.6) is 5.75 Å². The number of rotatable bonds is 6. The summed E-state index contributed by atoms with van der Waals surface area (Å²) in [6.45, 7) is 4.69. The first-order chi connectivity index (χ1) is 8.93. The van der Waals surface area contributed by atoms with Crippen molar-refractivity contribution in [1.29, 1.82) is 0 Å². The van der Waals surface area contributed by atoms with Crippen LogP contribution in [-0.4, -0.2) is 30.4 Å². The van der Waals surface area contributed by atoms with E-state index < -0.39 is 10.0 Å². The molecule has 2 rings (SSSR count). The van der Waals surface area contributed by atoms with Crippen molar-refractivity contribution in [2.75, 3.05) is 6.54 Å². The number of phenolic OH excluding ortho intramolecular Hbond substituents is 1. The molecule has 0 radical (unpaired) electrons. The van der Waals surface area contributed by atoms with E-state index >= 15 is 0 Å². The minimum atomic E-state index is -3.58. The van der Waals surface area contributed by atoms with Gasteiger partial charge in [-0.15, -0.1) is 0 Å². The minimum Gasteiger partial charge on any atom is -0.507 e. The second kappa shape index (κ2) is 5.51. The van der Waals surface area contributed by atoms with Gasteiger partial charge in [0.15, 0.2) is 0 Å². The Kier molecular flexibility index (Phi) is 4.16. The van der Waals surface area contributed by atoms with Gasteiger partial charge in [0.05, 0.1) is 0 Å². The zero-order valence-corrected chi connectivity index (χ0v) is 12.2. The molecule has 0 atom stereocenters. The number of nitrogens with zero attached hydrogens (tertiary/aromatic N) is 1. The maximum Gasteiger partial charge on any atom is 0.246 e. The summed E-state index contributed by atoms with van der Waals surface area (Å²) in [7, 11) is -3.58. The smallest absolute Gasteiger partial charge is 0.246 e. The van der Waals surface area contributed by atoms with Crippen molar-refractivity contribution in [3.63, 3.8) is 0 Å². The Morgan fingerprint density at radius 1 is 1.32 bits per heavy atom. The topological polar surface area (TPSA) is 57.6 Å². The number of phenols is 1. The largest absolute Gasteiger partial charge is 0.507 e. The monoisotopic (exact) mass is 283 g/mol. The highest BCUT2D eigenvalue weighted by Crippen LogP contribution is 2.34. The quantitative estimate of drug-likeness (QED) is 0.873. The van der Waals surface area contributed by atoms with Crippen LogP contribution in [-0.2, 0) is 10.0 Å². The molecular weight excluding hydrogens is 262 g/mol. The van der Waals surface area contributed by atoms with Crippen LogP contribution in [0.2, 0.25) is 0 Å². The highest BCUT2D eigenvalue weighted by Gasteiger charge is 2.38. The molecule has 0 saturated heterocycles. The molecule has 4 nitrogen and oxygen atoms in total. The molecule has 0 spiro atoms. The third-order valence-electron chi connectivity index (χ3n) is 3.33. The van der Waals surface area contributed by atoms with Crippen LogP contribution in [0, 0.1) is 5.92 Å². The highest BCUT2D eigenvalue weighted by atomic mass is 32.2. The normalized spacial score (nSPS) is 16.2. The second-order valence-electron chi connectivity index (χ2n) is 5.50. The summed E-state index contributed by atoms with van der Waals surface area (Å²) in [5.41, 5.74) is 0. The molecule has 5 heteroatoms. The van der Waals surface area contributed by atoms with Gasteiger partial charge in [0.2, 0.25) is 10.0 Å². The Bertz CT molecular complexity index is 535. The lowest BCUT2D eigenvalue weighted by molar-refractivity contribution is 0.370. The summed E-state index contributed by atoms with van der Waals surface area (Å²) in [4.78, 5) is 0.0191. The lowest BCUT2D eigenvalue weighted by Gasteiger charge is -2.23. The molecule has 1 aliphatic rings. The molecule has 1 saturated carbocycles. The van der Waals surface area contributed by atoms with Gasteiger partial charge in [-0.1, -0.05) is 26.0 Å². The van der Waals surface area contributed by atoms with E-state index in [4.69, 9.17) is 0 Å². The number of aromatic hydroxyl groups is 1. The highest BCUT2D eigenvalue weighted by molar-refractivity contribution is 7.89. The number of hydrogen-bond donors (Lipinski definition) is 1. The van der Waals surface area contributed by atoms with Crippen molar-refractivity contribution in [2.45, 2.75) is 44.0 Å². The van der Waals surface area contributed by atoms with Gasteiger partial charge < -0.3 is 5.11 Å². The van der Waals surface area contributed by atoms with Crippen LogP contribution in [0.25, 0.3) is 0 Å². The summed E-state index contributed by atoms with van der Waals surface area (Å²) in [6, 6.07) is 6.27. The van der Waals surface area contributed by atoms with Crippen molar-refractivity contribution >= 4 is 10.0 Å². The fourth-order valence-electron chi connectivity index (χ4n) is 2.05. The minimum absolute atomic E-state index is 0.0191. The van der Waals surface area contributed by atoms with E-state index in [1.54, 1.807) is 16.4 Å². The molecule has 1 aromatic rings. The molecule has 1 fully saturated rings. The van der Waals surface area contributed by atoms with Gasteiger partial charge in [0.25, 0.3) is 0 Å². The van der Waals surface area contributed by atoms with Crippen LogP contribution in [0.1, 0.15) is 33.1 Å². The van der Waals surface area contributed by atoms with Gasteiger partial charge in [-0.05, 0) is 37.3 Å². The molecule has 106 valence electrons. The van der Waals surface area contributed by atoms with Gasteiger partial charge in [0, 0.05) is 12.6 Å². The molecule has 0 unspecified atom stereocenters. The molecule has 0 aliphatic heterocycles. The standard InChI is InChI=1S/C14H21NO3S/c1-11(2)9-10-15(12-7-8-12)19(17,18)14-6-4-3-5-13(14)16/h3-6,11-12,16H,7-10H2,1-2H3. The van der Waals surface area contributed by atoms with Crippen molar-refractivity contribution in [2.24, 2.45) is 5.92 Å². The Hall–Kier alpha value is -1.07. The molecule has 19 heavy (non-hydrogen) atoms. The summed E-state index contributed by atoms with van der Waals surface area (Å²) < 4.78 is 26.8. The van der Waals surface area contributed by atoms with E-state index in [0.717, 1.165) is 19.3 Å². The molecule has 0 aromatic heterocycles. The van der Waals surface area contributed by atoms with E-state index in [0.29, 0.717) is 12.5 Å². The number of benzene rings is 1. The SMILES string of the molecule is CC(C)CCN(C1CC1)S(=O)(=O)c1ccccc1O. The van der Waals surface area contributed by atoms with Crippen molar-refractivity contribution in [3.05, 3.63) is 24.3 Å². The van der Waals surface area contributed by atoms with E-state index in [9.17, 15) is 13.5 Å². The molecule has 0 amide bonds. The van der Waals surface area contributed by atoms with Gasteiger partial charge in [-0.2, -0.15) is 4.31 Å². The lowest BCUT2D eigenvalue weighted by Crippen LogP contribution is -2.34. The molecule has 1 aromatic carbocycles. The zero-order chi connectivity index (χ0) is 14.0. The molecule has 1 aliphatic carbocycles. The van der Waals surface area contributed by atoms with Gasteiger partial charge in [0.1, 0.15) is 10.6 Å². The molecule has 0 bridgehead atoms. The summed E-state index contributed by atoms with van der Waals surface area (Å²) in [5, 5.41) is 9.77. The average Bonchev–Trinajstić information content (AvgIpc) is 3.13. The first-order valence-corrected chi connectivity index (χ1v) is 8.16. The third kappa shape index (κ3) is 3.28. The maximum absolute atomic E-state index is 12.6. The van der Waals surface area contributed by atoms with Crippen LogP contribution < -0.4 is 0 Å². The summed E-state index contributed by atoms with van der Waals surface area (Å²) in [6.07, 6.45) is 2.68. The van der Waals surface area contributed by atoms with E-state index in [1.807, 2.05) is 0 Å². The fraction of sp³-hybridized carbons (Fsp3) is 0.571. The van der Waals surface area contributed by atoms with Crippen molar-refractivity contribution in [3.8, 4) is 5.75 Å². The predicted octanol–water partition coefficient (Wildman–Crippen LogP) is 2.59. The van der Waals surface area contributed by atoms with E-state index in [-0.39, 0.29) is 16.7 Å². The Morgan fingerprint density at radius 3 is 2.47 bits per heavy atom. The predicted molar refractivity (Wildman–Crippen MR) is 74.5 cm³/mol. The Morgan fingerprint density at radius 2 is 1.95 bits per heavy atom. The van der Waals surface area contributed by atoms with Gasteiger partial charge in [-0.25, -0.2) is 8.42 Å². The Balaban J connectivity index is 2.27. The lowest BCUT2D eigenvalue weighted by atomic mass is 10.1. The summed E-state index contributed by atoms with van der Waals surface area (Å²) >= 11 is 0. The second-order valence-corrected chi connectivity index (χ2v) is 7.36. The number of sulfonamides is 1. The van der Waals surface area contributed by atoms with E-state index in [1.165, 1.54) is 12.1 Å². The third-order valence-corrected chi connectivity index (χ3v) is 5.33.